The Hall–Kier alpha value is -3.52. The summed E-state index contributed by atoms with van der Waals surface area (Å²) in [6.45, 7) is 2.75. The van der Waals surface area contributed by atoms with Gasteiger partial charge in [0.15, 0.2) is 5.69 Å². The number of aromatic nitrogens is 3. The molecule has 1 fully saturated rings. The van der Waals surface area contributed by atoms with Gasteiger partial charge >= 0.3 is 0 Å². The van der Waals surface area contributed by atoms with E-state index in [9.17, 15) is 9.59 Å². The highest BCUT2D eigenvalue weighted by Gasteiger charge is 2.32. The maximum atomic E-state index is 13.1. The predicted molar refractivity (Wildman–Crippen MR) is 112 cm³/mol. The van der Waals surface area contributed by atoms with Crippen molar-refractivity contribution in [3.8, 4) is 0 Å². The van der Waals surface area contributed by atoms with Gasteiger partial charge in [-0.1, -0.05) is 53.7 Å². The van der Waals surface area contributed by atoms with Gasteiger partial charge in [0.25, 0.3) is 11.8 Å². The molecule has 0 N–H and O–H groups in total. The lowest BCUT2D eigenvalue weighted by atomic mass is 10.1. The molecule has 3 aromatic rings. The van der Waals surface area contributed by atoms with E-state index in [0.717, 1.165) is 5.56 Å². The lowest BCUT2D eigenvalue weighted by Crippen LogP contribution is -2.50. The average molecular weight is 417 g/mol. The van der Waals surface area contributed by atoms with E-state index in [-0.39, 0.29) is 17.9 Å². The van der Waals surface area contributed by atoms with Crippen LogP contribution < -0.4 is 0 Å². The van der Waals surface area contributed by atoms with E-state index in [1.807, 2.05) is 60.7 Å². The van der Waals surface area contributed by atoms with E-state index in [2.05, 4.69) is 10.3 Å². The highest BCUT2D eigenvalue weighted by Crippen LogP contribution is 2.27. The predicted octanol–water partition coefficient (Wildman–Crippen LogP) is 2.15. The number of benzene rings is 2. The minimum atomic E-state index is -0.158. The van der Waals surface area contributed by atoms with E-state index in [1.165, 1.54) is 0 Å². The molecule has 2 amide bonds. The molecule has 8 heteroatoms. The van der Waals surface area contributed by atoms with Gasteiger partial charge in [0.1, 0.15) is 6.10 Å². The third-order valence-corrected chi connectivity index (χ3v) is 5.85. The van der Waals surface area contributed by atoms with Gasteiger partial charge < -0.3 is 14.5 Å². The van der Waals surface area contributed by atoms with Crippen LogP contribution in [-0.2, 0) is 17.9 Å². The Bertz CT molecular complexity index is 1080. The average Bonchev–Trinajstić information content (AvgIpc) is 3.27. The number of hydrogen-bond donors (Lipinski definition) is 0. The van der Waals surface area contributed by atoms with Crippen LogP contribution in [0.1, 0.15) is 38.2 Å². The van der Waals surface area contributed by atoms with Crippen molar-refractivity contribution in [2.45, 2.75) is 19.3 Å². The van der Waals surface area contributed by atoms with Crippen molar-refractivity contribution >= 4 is 11.8 Å². The number of ether oxygens (including phenoxy) is 1. The highest BCUT2D eigenvalue weighted by atomic mass is 16.5. The van der Waals surface area contributed by atoms with Crippen molar-refractivity contribution in [3.63, 3.8) is 0 Å². The molecule has 2 aliphatic rings. The minimum Gasteiger partial charge on any atom is -0.365 e. The fourth-order valence-electron chi connectivity index (χ4n) is 4.07. The van der Waals surface area contributed by atoms with Gasteiger partial charge in [-0.05, 0) is 17.7 Å². The van der Waals surface area contributed by atoms with Gasteiger partial charge in [-0.3, -0.25) is 9.59 Å². The van der Waals surface area contributed by atoms with Crippen LogP contribution in [0, 0.1) is 0 Å². The topological polar surface area (TPSA) is 80.6 Å². The van der Waals surface area contributed by atoms with Crippen LogP contribution in [0.3, 0.4) is 0 Å². The summed E-state index contributed by atoms with van der Waals surface area (Å²) in [4.78, 5) is 29.2. The number of hydrogen-bond acceptors (Lipinski definition) is 5. The van der Waals surface area contributed by atoms with Crippen molar-refractivity contribution in [1.29, 1.82) is 0 Å². The zero-order valence-electron chi connectivity index (χ0n) is 17.1. The molecule has 5 rings (SSSR count). The second-order valence-corrected chi connectivity index (χ2v) is 7.73. The number of amides is 2. The maximum absolute atomic E-state index is 13.1. The standard InChI is InChI=1S/C23H23N5O3/c29-22(18-9-5-2-6-10-18)26-11-13-27(14-12-26)23(30)21-19-16-31-20(15-28(19)25-24-21)17-7-3-1-4-8-17/h1-10,20H,11-16H2. The highest BCUT2D eigenvalue weighted by molar-refractivity contribution is 5.95. The molecule has 1 saturated heterocycles. The molecule has 0 spiro atoms. The molecule has 2 aliphatic heterocycles. The first-order chi connectivity index (χ1) is 15.2. The van der Waals surface area contributed by atoms with Crippen molar-refractivity contribution in [1.82, 2.24) is 24.8 Å². The molecule has 2 aromatic carbocycles. The van der Waals surface area contributed by atoms with Crippen LogP contribution in [0.4, 0.5) is 0 Å². The Kier molecular flexibility index (Phi) is 5.21. The Labute approximate surface area is 180 Å². The molecule has 31 heavy (non-hydrogen) atoms. The fourth-order valence-corrected chi connectivity index (χ4v) is 4.07. The molecular formula is C23H23N5O3. The summed E-state index contributed by atoms with van der Waals surface area (Å²) in [6, 6.07) is 19.2. The molecule has 0 radical (unpaired) electrons. The third-order valence-electron chi connectivity index (χ3n) is 5.85. The normalized spacial score (nSPS) is 18.5. The number of nitrogens with zero attached hydrogens (tertiary/aromatic N) is 5. The van der Waals surface area contributed by atoms with Crippen molar-refractivity contribution in [2.75, 3.05) is 26.2 Å². The van der Waals surface area contributed by atoms with Gasteiger partial charge in [-0.2, -0.15) is 0 Å². The molecule has 1 unspecified atom stereocenters. The molecule has 0 aliphatic carbocycles. The second kappa shape index (κ2) is 8.31. The first-order valence-electron chi connectivity index (χ1n) is 10.4. The van der Waals surface area contributed by atoms with Gasteiger partial charge in [-0.25, -0.2) is 4.68 Å². The Morgan fingerprint density at radius 3 is 2.13 bits per heavy atom. The zero-order valence-corrected chi connectivity index (χ0v) is 17.1. The van der Waals surface area contributed by atoms with Gasteiger partial charge in [0.05, 0.1) is 18.8 Å². The van der Waals surface area contributed by atoms with E-state index < -0.39 is 0 Å². The first-order valence-corrected chi connectivity index (χ1v) is 10.4. The van der Waals surface area contributed by atoms with E-state index in [4.69, 9.17) is 4.74 Å². The lowest BCUT2D eigenvalue weighted by Gasteiger charge is -2.34. The molecule has 8 nitrogen and oxygen atoms in total. The van der Waals surface area contributed by atoms with Crippen molar-refractivity contribution in [3.05, 3.63) is 83.2 Å². The maximum Gasteiger partial charge on any atom is 0.276 e. The Balaban J connectivity index is 1.23. The largest absolute Gasteiger partial charge is 0.365 e. The first kappa shape index (κ1) is 19.4. The smallest absolute Gasteiger partial charge is 0.276 e. The summed E-state index contributed by atoms with van der Waals surface area (Å²) in [6.07, 6.45) is -0.106. The molecule has 158 valence electrons. The fraction of sp³-hybridized carbons (Fsp3) is 0.304. The summed E-state index contributed by atoms with van der Waals surface area (Å²) in [5.74, 6) is -0.163. The minimum absolute atomic E-state index is 0.00547. The molecule has 1 atom stereocenters. The van der Waals surface area contributed by atoms with Crippen LogP contribution in [0.25, 0.3) is 0 Å². The summed E-state index contributed by atoms with van der Waals surface area (Å²) in [5.41, 5.74) is 2.80. The number of carbonyl (C=O) groups is 2. The summed E-state index contributed by atoms with van der Waals surface area (Å²) >= 11 is 0. The van der Waals surface area contributed by atoms with Crippen molar-refractivity contribution < 1.29 is 14.3 Å². The summed E-state index contributed by atoms with van der Waals surface area (Å²) < 4.78 is 7.77. The van der Waals surface area contributed by atoms with Gasteiger partial charge in [0, 0.05) is 31.7 Å². The number of fused-ring (bicyclic) bond motifs is 1. The Morgan fingerprint density at radius 1 is 0.839 bits per heavy atom. The second-order valence-electron chi connectivity index (χ2n) is 7.73. The van der Waals surface area contributed by atoms with E-state index >= 15 is 0 Å². The van der Waals surface area contributed by atoms with Crippen molar-refractivity contribution in [2.24, 2.45) is 0 Å². The molecular weight excluding hydrogens is 394 g/mol. The van der Waals surface area contributed by atoms with Crippen LogP contribution in [-0.4, -0.2) is 62.8 Å². The van der Waals surface area contributed by atoms with Crippen LogP contribution in [0.2, 0.25) is 0 Å². The van der Waals surface area contributed by atoms with Crippen LogP contribution in [0.5, 0.6) is 0 Å². The SMILES string of the molecule is O=C(c1ccccc1)N1CCN(C(=O)c2nnn3c2COC(c2ccccc2)C3)CC1. The lowest BCUT2D eigenvalue weighted by molar-refractivity contribution is -0.00202. The summed E-state index contributed by atoms with van der Waals surface area (Å²) in [5, 5.41) is 8.37. The van der Waals surface area contributed by atoms with E-state index in [0.29, 0.717) is 56.3 Å². The van der Waals surface area contributed by atoms with Gasteiger partial charge in [-0.15, -0.1) is 5.10 Å². The van der Waals surface area contributed by atoms with E-state index in [1.54, 1.807) is 14.5 Å². The van der Waals surface area contributed by atoms with Gasteiger partial charge in [0.2, 0.25) is 0 Å². The Morgan fingerprint density at radius 2 is 1.45 bits per heavy atom. The molecule has 0 bridgehead atoms. The number of rotatable bonds is 3. The molecule has 0 saturated carbocycles. The van der Waals surface area contributed by atoms with Crippen LogP contribution in [0.15, 0.2) is 60.7 Å². The molecule has 3 heterocycles. The zero-order chi connectivity index (χ0) is 21.2. The number of carbonyl (C=O) groups excluding carboxylic acids is 2. The monoisotopic (exact) mass is 417 g/mol. The number of piperazine rings is 1. The summed E-state index contributed by atoms with van der Waals surface area (Å²) in [7, 11) is 0. The molecule has 1 aromatic heterocycles. The van der Waals surface area contributed by atoms with Crippen LogP contribution >= 0.6 is 0 Å². The third kappa shape index (κ3) is 3.82. The quantitative estimate of drug-likeness (QED) is 0.652.